The molecule has 3 heterocycles. The SMILES string of the molecule is Cc1cc(C(=O)[C@@H](C)Sc2nncn2C)c(C)n1Cc1ccco1. The Morgan fingerprint density at radius 1 is 1.42 bits per heavy atom. The van der Waals surface area contributed by atoms with Gasteiger partial charge in [-0.2, -0.15) is 0 Å². The predicted octanol–water partition coefficient (Wildman–Crippen LogP) is 3.24. The number of hydrogen-bond acceptors (Lipinski definition) is 5. The van der Waals surface area contributed by atoms with Gasteiger partial charge >= 0.3 is 0 Å². The van der Waals surface area contributed by atoms with Gasteiger partial charge in [0.15, 0.2) is 10.9 Å². The van der Waals surface area contributed by atoms with Crippen LogP contribution in [0.1, 0.15) is 34.4 Å². The Morgan fingerprint density at radius 3 is 2.83 bits per heavy atom. The maximum Gasteiger partial charge on any atom is 0.191 e. The number of carbonyl (C=O) groups excluding carboxylic acids is 1. The van der Waals surface area contributed by atoms with E-state index < -0.39 is 0 Å². The third-order valence-electron chi connectivity index (χ3n) is 4.05. The molecule has 24 heavy (non-hydrogen) atoms. The van der Waals surface area contributed by atoms with E-state index in [4.69, 9.17) is 4.42 Å². The fourth-order valence-corrected chi connectivity index (χ4v) is 3.52. The zero-order valence-corrected chi connectivity index (χ0v) is 15.0. The van der Waals surface area contributed by atoms with Gasteiger partial charge in [-0.1, -0.05) is 11.8 Å². The minimum absolute atomic E-state index is 0.0989. The Hall–Kier alpha value is -2.28. The van der Waals surface area contributed by atoms with Gasteiger partial charge in [0.25, 0.3) is 0 Å². The largest absolute Gasteiger partial charge is 0.467 e. The lowest BCUT2D eigenvalue weighted by molar-refractivity contribution is 0.0993. The molecule has 3 aromatic rings. The number of nitrogens with zero attached hydrogens (tertiary/aromatic N) is 4. The van der Waals surface area contributed by atoms with Crippen LogP contribution in [0.2, 0.25) is 0 Å². The topological polar surface area (TPSA) is 65.8 Å². The van der Waals surface area contributed by atoms with Crippen LogP contribution >= 0.6 is 11.8 Å². The van der Waals surface area contributed by atoms with Gasteiger partial charge in [0.1, 0.15) is 12.1 Å². The number of ketones is 1. The molecule has 1 atom stereocenters. The van der Waals surface area contributed by atoms with Gasteiger partial charge < -0.3 is 13.6 Å². The number of aromatic nitrogens is 4. The van der Waals surface area contributed by atoms with Crippen molar-refractivity contribution in [1.82, 2.24) is 19.3 Å². The van der Waals surface area contributed by atoms with Crippen molar-refractivity contribution in [2.45, 2.75) is 37.7 Å². The lowest BCUT2D eigenvalue weighted by atomic mass is 10.1. The van der Waals surface area contributed by atoms with E-state index in [9.17, 15) is 4.79 Å². The van der Waals surface area contributed by atoms with Crippen LogP contribution in [-0.2, 0) is 13.6 Å². The summed E-state index contributed by atoms with van der Waals surface area (Å²) in [7, 11) is 1.87. The molecular weight excluding hydrogens is 324 g/mol. The summed E-state index contributed by atoms with van der Waals surface area (Å²) < 4.78 is 9.34. The molecule has 0 aromatic carbocycles. The van der Waals surface area contributed by atoms with E-state index in [-0.39, 0.29) is 11.0 Å². The van der Waals surface area contributed by atoms with Crippen LogP contribution in [0.25, 0.3) is 0 Å². The first-order chi connectivity index (χ1) is 11.5. The lowest BCUT2D eigenvalue weighted by Gasteiger charge is -2.11. The maximum absolute atomic E-state index is 12.9. The molecule has 0 bridgehead atoms. The van der Waals surface area contributed by atoms with Gasteiger partial charge in [0.2, 0.25) is 0 Å². The van der Waals surface area contributed by atoms with Crippen molar-refractivity contribution in [1.29, 1.82) is 0 Å². The second kappa shape index (κ2) is 6.68. The quantitative estimate of drug-likeness (QED) is 0.507. The molecule has 3 rings (SSSR count). The van der Waals surface area contributed by atoms with E-state index in [0.29, 0.717) is 6.54 Å². The van der Waals surface area contributed by atoms with Crippen molar-refractivity contribution in [2.75, 3.05) is 0 Å². The number of aryl methyl sites for hydroxylation is 2. The second-order valence-corrected chi connectivity index (χ2v) is 7.11. The summed E-state index contributed by atoms with van der Waals surface area (Å²) in [5.74, 6) is 0.971. The van der Waals surface area contributed by atoms with Crippen molar-refractivity contribution in [3.8, 4) is 0 Å². The number of furan rings is 1. The van der Waals surface area contributed by atoms with Crippen molar-refractivity contribution in [3.05, 3.63) is 53.5 Å². The van der Waals surface area contributed by atoms with Gasteiger partial charge in [0, 0.05) is 24.0 Å². The molecule has 3 aromatic heterocycles. The minimum Gasteiger partial charge on any atom is -0.467 e. The zero-order valence-electron chi connectivity index (χ0n) is 14.2. The van der Waals surface area contributed by atoms with Gasteiger partial charge in [-0.25, -0.2) is 0 Å². The smallest absolute Gasteiger partial charge is 0.191 e. The molecule has 0 saturated carbocycles. The summed E-state index contributed by atoms with van der Waals surface area (Å²) in [4.78, 5) is 12.9. The highest BCUT2D eigenvalue weighted by Gasteiger charge is 2.23. The summed E-state index contributed by atoms with van der Waals surface area (Å²) in [6.45, 7) is 6.51. The number of thioether (sulfide) groups is 1. The summed E-state index contributed by atoms with van der Waals surface area (Å²) in [5, 5.41) is 8.39. The Labute approximate surface area is 144 Å². The highest BCUT2D eigenvalue weighted by molar-refractivity contribution is 8.00. The van der Waals surface area contributed by atoms with Crippen LogP contribution in [0.3, 0.4) is 0 Å². The van der Waals surface area contributed by atoms with Crippen molar-refractivity contribution >= 4 is 17.5 Å². The second-order valence-electron chi connectivity index (χ2n) is 5.80. The zero-order chi connectivity index (χ0) is 17.3. The molecule has 0 fully saturated rings. The van der Waals surface area contributed by atoms with E-state index in [1.165, 1.54) is 11.8 Å². The highest BCUT2D eigenvalue weighted by atomic mass is 32.2. The van der Waals surface area contributed by atoms with Crippen LogP contribution in [-0.4, -0.2) is 30.4 Å². The van der Waals surface area contributed by atoms with Crippen molar-refractivity contribution < 1.29 is 9.21 Å². The van der Waals surface area contributed by atoms with Crippen LogP contribution < -0.4 is 0 Å². The lowest BCUT2D eigenvalue weighted by Crippen LogP contribution is -2.15. The molecule has 0 amide bonds. The molecule has 0 radical (unpaired) electrons. The normalized spacial score (nSPS) is 12.5. The average Bonchev–Trinajstić information content (AvgIpc) is 3.26. The van der Waals surface area contributed by atoms with Gasteiger partial charge in [-0.05, 0) is 39.0 Å². The Morgan fingerprint density at radius 2 is 2.21 bits per heavy atom. The summed E-state index contributed by atoms with van der Waals surface area (Å²) in [6.07, 6.45) is 3.30. The summed E-state index contributed by atoms with van der Waals surface area (Å²) >= 11 is 1.42. The van der Waals surface area contributed by atoms with E-state index in [1.54, 1.807) is 12.6 Å². The summed E-state index contributed by atoms with van der Waals surface area (Å²) in [6, 6.07) is 5.76. The van der Waals surface area contributed by atoms with Crippen LogP contribution in [0.15, 0.2) is 40.4 Å². The summed E-state index contributed by atoms with van der Waals surface area (Å²) in [5.41, 5.74) is 2.75. The molecule has 0 aliphatic carbocycles. The standard InChI is InChI=1S/C17H20N4O2S/c1-11-8-15(12(2)21(11)9-14-6-5-7-23-14)16(22)13(3)24-17-19-18-10-20(17)4/h5-8,10,13H,9H2,1-4H3/t13-/m1/s1. The van der Waals surface area contributed by atoms with Gasteiger partial charge in [-0.15, -0.1) is 10.2 Å². The molecule has 126 valence electrons. The monoisotopic (exact) mass is 344 g/mol. The predicted molar refractivity (Wildman–Crippen MR) is 92.4 cm³/mol. The molecule has 6 nitrogen and oxygen atoms in total. The molecular formula is C17H20N4O2S. The van der Waals surface area contributed by atoms with Crippen LogP contribution in [0, 0.1) is 13.8 Å². The first kappa shape index (κ1) is 16.6. The molecule has 0 saturated heterocycles. The number of hydrogen-bond donors (Lipinski definition) is 0. The van der Waals surface area contributed by atoms with Crippen molar-refractivity contribution in [2.24, 2.45) is 7.05 Å². The average molecular weight is 344 g/mol. The number of rotatable bonds is 6. The molecule has 0 N–H and O–H groups in total. The molecule has 0 aliphatic rings. The third kappa shape index (κ3) is 3.17. The Bertz CT molecular complexity index is 848. The first-order valence-electron chi connectivity index (χ1n) is 7.71. The first-order valence-corrected chi connectivity index (χ1v) is 8.59. The van der Waals surface area contributed by atoms with Crippen molar-refractivity contribution in [3.63, 3.8) is 0 Å². The van der Waals surface area contributed by atoms with E-state index >= 15 is 0 Å². The fourth-order valence-electron chi connectivity index (χ4n) is 2.66. The highest BCUT2D eigenvalue weighted by Crippen LogP contribution is 2.26. The number of carbonyl (C=O) groups is 1. The molecule has 0 aliphatic heterocycles. The number of Topliss-reactive ketones (excluding diaryl/α,β-unsaturated/α-hetero) is 1. The van der Waals surface area contributed by atoms with Gasteiger partial charge in [0.05, 0.1) is 18.1 Å². The van der Waals surface area contributed by atoms with Crippen LogP contribution in [0.4, 0.5) is 0 Å². The van der Waals surface area contributed by atoms with Gasteiger partial charge in [-0.3, -0.25) is 4.79 Å². The molecule has 0 spiro atoms. The minimum atomic E-state index is -0.231. The third-order valence-corrected chi connectivity index (χ3v) is 5.20. The van der Waals surface area contributed by atoms with Crippen LogP contribution in [0.5, 0.6) is 0 Å². The maximum atomic E-state index is 12.9. The molecule has 0 unspecified atom stereocenters. The van der Waals surface area contributed by atoms with E-state index in [0.717, 1.165) is 27.9 Å². The molecule has 7 heteroatoms. The van der Waals surface area contributed by atoms with E-state index in [2.05, 4.69) is 14.8 Å². The fraction of sp³-hybridized carbons (Fsp3) is 0.353. The van der Waals surface area contributed by atoms with E-state index in [1.807, 2.05) is 50.6 Å². The Kier molecular flexibility index (Phi) is 4.62. The Balaban J connectivity index is 1.81.